The van der Waals surface area contributed by atoms with Crippen LogP contribution in [0.1, 0.15) is 5.56 Å². The predicted molar refractivity (Wildman–Crippen MR) is 73.6 cm³/mol. The minimum atomic E-state index is -0.451. The fourth-order valence-corrected chi connectivity index (χ4v) is 2.07. The van der Waals surface area contributed by atoms with Crippen LogP contribution in [-0.4, -0.2) is 15.1 Å². The maximum atomic E-state index is 11.7. The van der Waals surface area contributed by atoms with Gasteiger partial charge in [-0.3, -0.25) is 9.78 Å². The van der Waals surface area contributed by atoms with Crippen molar-refractivity contribution in [2.45, 2.75) is 0 Å². The maximum Gasteiger partial charge on any atom is 0.262 e. The molecule has 94 valence electrons. The Hall–Kier alpha value is -2.47. The average molecular weight is 271 g/mol. The highest BCUT2D eigenvalue weighted by Crippen LogP contribution is 2.13. The molecule has 1 aromatic carbocycles. The Bertz CT molecular complexity index is 885. The lowest BCUT2D eigenvalue weighted by atomic mass is 10.2. The highest BCUT2D eigenvalue weighted by molar-refractivity contribution is 7.71. The molecule has 2 heterocycles. The van der Waals surface area contributed by atoms with Crippen LogP contribution in [-0.2, 0) is 0 Å². The molecule has 1 aliphatic rings. The Morgan fingerprint density at radius 1 is 1.26 bits per heavy atom. The molecule has 1 aromatic heterocycles. The van der Waals surface area contributed by atoms with Crippen molar-refractivity contribution in [3.05, 3.63) is 61.2 Å². The number of nitrogens with one attached hydrogen (secondary N) is 2. The van der Waals surface area contributed by atoms with Crippen molar-refractivity contribution in [1.29, 1.82) is 0 Å². The summed E-state index contributed by atoms with van der Waals surface area (Å²) in [5.74, 6) is -0.263. The molecule has 0 radical (unpaired) electrons. The first-order valence-corrected chi connectivity index (χ1v) is 5.97. The van der Waals surface area contributed by atoms with Crippen LogP contribution in [0.25, 0.3) is 12.2 Å². The number of H-pyrrole nitrogens is 2. The summed E-state index contributed by atoms with van der Waals surface area (Å²) in [5, 5.41) is 11.5. The number of para-hydroxylation sites is 1. The number of rotatable bonds is 1. The van der Waals surface area contributed by atoms with Crippen molar-refractivity contribution in [2.24, 2.45) is 4.99 Å². The second-order valence-corrected chi connectivity index (χ2v) is 4.46. The van der Waals surface area contributed by atoms with Gasteiger partial charge in [-0.2, -0.15) is 0 Å². The van der Waals surface area contributed by atoms with Gasteiger partial charge >= 0.3 is 0 Å². The van der Waals surface area contributed by atoms with Crippen molar-refractivity contribution in [2.75, 3.05) is 0 Å². The van der Waals surface area contributed by atoms with E-state index in [1.165, 1.54) is 6.08 Å². The van der Waals surface area contributed by atoms with Crippen LogP contribution >= 0.6 is 12.2 Å². The molecule has 0 aliphatic carbocycles. The van der Waals surface area contributed by atoms with Crippen molar-refractivity contribution in [1.82, 2.24) is 9.97 Å². The predicted octanol–water partition coefficient (Wildman–Crippen LogP) is 0.593. The molecule has 3 N–H and O–H groups in total. The van der Waals surface area contributed by atoms with Crippen LogP contribution in [0.4, 0.5) is 0 Å². The number of aromatic hydroxyl groups is 1. The van der Waals surface area contributed by atoms with E-state index < -0.39 is 5.56 Å². The van der Waals surface area contributed by atoms with Crippen LogP contribution in [0, 0.1) is 4.77 Å². The monoisotopic (exact) mass is 271 g/mol. The number of aromatic amines is 2. The Morgan fingerprint density at radius 3 is 2.79 bits per heavy atom. The lowest BCUT2D eigenvalue weighted by Gasteiger charge is -1.97. The molecule has 19 heavy (non-hydrogen) atoms. The SMILES string of the molecule is O=c1[nH]c(=S)[nH]c(O)c1/C=C1/C=c2ccccc2=N1. The summed E-state index contributed by atoms with van der Waals surface area (Å²) < 4.78 is 0.0836. The van der Waals surface area contributed by atoms with Crippen molar-refractivity contribution in [3.8, 4) is 5.88 Å². The molecule has 0 fully saturated rings. The van der Waals surface area contributed by atoms with Gasteiger partial charge in [0.25, 0.3) is 5.56 Å². The van der Waals surface area contributed by atoms with Crippen LogP contribution in [0.15, 0.2) is 39.7 Å². The third-order valence-corrected chi connectivity index (χ3v) is 2.94. The van der Waals surface area contributed by atoms with Crippen molar-refractivity contribution < 1.29 is 5.11 Å². The molecule has 0 saturated heterocycles. The number of hydrogen-bond acceptors (Lipinski definition) is 4. The second-order valence-electron chi connectivity index (χ2n) is 4.05. The average Bonchev–Trinajstić information content (AvgIpc) is 2.76. The molecule has 0 spiro atoms. The first-order valence-electron chi connectivity index (χ1n) is 5.56. The van der Waals surface area contributed by atoms with E-state index in [9.17, 15) is 9.90 Å². The van der Waals surface area contributed by atoms with Crippen LogP contribution in [0.2, 0.25) is 0 Å². The third-order valence-electron chi connectivity index (χ3n) is 2.74. The number of allylic oxidation sites excluding steroid dienone is 1. The molecule has 1 aliphatic heterocycles. The molecule has 6 heteroatoms. The molecule has 5 nitrogen and oxygen atoms in total. The molecule has 2 aromatic rings. The van der Waals surface area contributed by atoms with Gasteiger partial charge in [0.05, 0.1) is 11.1 Å². The Kier molecular flexibility index (Phi) is 2.64. The highest BCUT2D eigenvalue weighted by atomic mass is 32.1. The number of hydrogen-bond donors (Lipinski definition) is 3. The molecule has 0 atom stereocenters. The van der Waals surface area contributed by atoms with Crippen LogP contribution < -0.4 is 16.1 Å². The maximum absolute atomic E-state index is 11.7. The van der Waals surface area contributed by atoms with E-state index in [1.54, 1.807) is 0 Å². The summed E-state index contributed by atoms with van der Waals surface area (Å²) in [5.41, 5.74) is 0.261. The minimum absolute atomic E-state index is 0.0836. The Balaban J connectivity index is 2.18. The van der Waals surface area contributed by atoms with Crippen LogP contribution in [0.3, 0.4) is 0 Å². The van der Waals surface area contributed by atoms with E-state index in [-0.39, 0.29) is 16.2 Å². The molecule has 3 rings (SSSR count). The second kappa shape index (κ2) is 4.33. The summed E-state index contributed by atoms with van der Waals surface area (Å²) in [6, 6.07) is 7.62. The van der Waals surface area contributed by atoms with Gasteiger partial charge in [0, 0.05) is 5.22 Å². The first-order chi connectivity index (χ1) is 9.13. The highest BCUT2D eigenvalue weighted by Gasteiger charge is 2.07. The van der Waals surface area contributed by atoms with Gasteiger partial charge in [-0.1, -0.05) is 18.2 Å². The number of nitrogens with zero attached hydrogens (tertiary/aromatic N) is 1. The standard InChI is InChI=1S/C13H9N3O2S/c17-11-9(12(18)16-13(19)15-11)6-8-5-7-3-1-2-4-10(7)14-8/h1-6H,(H3,15,16,17,18,19)/b8-6-. The Morgan fingerprint density at radius 2 is 2.05 bits per heavy atom. The van der Waals surface area contributed by atoms with Crippen molar-refractivity contribution >= 4 is 24.4 Å². The van der Waals surface area contributed by atoms with Crippen molar-refractivity contribution in [3.63, 3.8) is 0 Å². The van der Waals surface area contributed by atoms with Gasteiger partial charge in [-0.25, -0.2) is 4.99 Å². The lowest BCUT2D eigenvalue weighted by Crippen LogP contribution is -2.19. The number of aromatic nitrogens is 2. The van der Waals surface area contributed by atoms with E-state index in [2.05, 4.69) is 15.0 Å². The zero-order valence-electron chi connectivity index (χ0n) is 9.68. The molecule has 0 bridgehead atoms. The summed E-state index contributed by atoms with van der Waals surface area (Å²) in [4.78, 5) is 21.0. The summed E-state index contributed by atoms with van der Waals surface area (Å²) >= 11 is 4.76. The zero-order valence-corrected chi connectivity index (χ0v) is 10.5. The smallest absolute Gasteiger partial charge is 0.262 e. The van der Waals surface area contributed by atoms with Gasteiger partial charge in [0.15, 0.2) is 4.77 Å². The molecular weight excluding hydrogens is 262 g/mol. The van der Waals surface area contributed by atoms with E-state index in [0.717, 1.165) is 10.6 Å². The number of benzene rings is 1. The van der Waals surface area contributed by atoms with Gasteiger partial charge in [-0.15, -0.1) is 0 Å². The number of fused-ring (bicyclic) bond motifs is 1. The molecule has 0 unspecified atom stereocenters. The third kappa shape index (κ3) is 2.13. The topological polar surface area (TPSA) is 81.2 Å². The zero-order chi connectivity index (χ0) is 13.4. The van der Waals surface area contributed by atoms with E-state index >= 15 is 0 Å². The summed E-state index contributed by atoms with van der Waals surface area (Å²) in [7, 11) is 0. The minimum Gasteiger partial charge on any atom is -0.494 e. The van der Waals surface area contributed by atoms with Gasteiger partial charge in [0.1, 0.15) is 5.56 Å². The molecular formula is C13H9N3O2S. The molecule has 0 amide bonds. The Labute approximate surface area is 112 Å². The quantitative estimate of drug-likeness (QED) is 0.664. The van der Waals surface area contributed by atoms with E-state index in [1.807, 2.05) is 30.3 Å². The first kappa shape index (κ1) is 11.6. The van der Waals surface area contributed by atoms with Gasteiger partial charge in [-0.05, 0) is 30.4 Å². The van der Waals surface area contributed by atoms with E-state index in [0.29, 0.717) is 5.70 Å². The van der Waals surface area contributed by atoms with E-state index in [4.69, 9.17) is 12.2 Å². The molecule has 0 saturated carbocycles. The summed E-state index contributed by atoms with van der Waals surface area (Å²) in [6.07, 6.45) is 3.36. The normalized spacial score (nSPS) is 14.8. The van der Waals surface area contributed by atoms with Crippen LogP contribution in [0.5, 0.6) is 5.88 Å². The largest absolute Gasteiger partial charge is 0.494 e. The fraction of sp³-hybridized carbons (Fsp3) is 0. The van der Waals surface area contributed by atoms with Gasteiger partial charge in [0.2, 0.25) is 5.88 Å². The fourth-order valence-electron chi connectivity index (χ4n) is 1.88. The summed E-state index contributed by atoms with van der Waals surface area (Å²) in [6.45, 7) is 0. The lowest BCUT2D eigenvalue weighted by molar-refractivity contribution is 0.448. The van der Waals surface area contributed by atoms with Gasteiger partial charge < -0.3 is 10.1 Å².